The molecule has 1 aromatic heterocycles. The number of aliphatic carboxylic acids is 1. The number of ether oxygens (including phenoxy) is 1. The summed E-state index contributed by atoms with van der Waals surface area (Å²) >= 11 is 0. The van der Waals surface area contributed by atoms with Crippen molar-refractivity contribution in [3.8, 4) is 28.4 Å². The van der Waals surface area contributed by atoms with Crippen LogP contribution >= 0.6 is 0 Å². The highest BCUT2D eigenvalue weighted by Crippen LogP contribution is 2.21. The molecule has 0 unspecified atom stereocenters. The molecule has 3 aromatic rings. The summed E-state index contributed by atoms with van der Waals surface area (Å²) in [5, 5.41) is 8.60. The van der Waals surface area contributed by atoms with Crippen LogP contribution in [0, 0.1) is 0 Å². The van der Waals surface area contributed by atoms with Gasteiger partial charge in [0.05, 0.1) is 5.69 Å². The molecule has 0 saturated carbocycles. The van der Waals surface area contributed by atoms with Gasteiger partial charge in [0.1, 0.15) is 11.6 Å². The van der Waals surface area contributed by atoms with E-state index < -0.39 is 12.6 Å². The SMILES string of the molecule is O=C(O)COc1ccc(-c2nc(-c3ccccc3)cc(=O)[nH]2)cc1. The van der Waals surface area contributed by atoms with Crippen LogP contribution in [0.15, 0.2) is 65.5 Å². The molecular formula is C18H14N2O4. The first kappa shape index (κ1) is 15.5. The second-order valence-electron chi connectivity index (χ2n) is 5.05. The van der Waals surface area contributed by atoms with Crippen LogP contribution in [0.4, 0.5) is 0 Å². The normalized spacial score (nSPS) is 10.3. The Kier molecular flexibility index (Phi) is 4.38. The fourth-order valence-electron chi connectivity index (χ4n) is 2.21. The molecule has 0 fully saturated rings. The van der Waals surface area contributed by atoms with Gasteiger partial charge >= 0.3 is 5.97 Å². The maximum Gasteiger partial charge on any atom is 0.341 e. The first-order valence-electron chi connectivity index (χ1n) is 7.23. The molecule has 0 aliphatic heterocycles. The predicted molar refractivity (Wildman–Crippen MR) is 88.9 cm³/mol. The zero-order valence-electron chi connectivity index (χ0n) is 12.6. The quantitative estimate of drug-likeness (QED) is 0.753. The van der Waals surface area contributed by atoms with Crippen molar-refractivity contribution in [1.82, 2.24) is 9.97 Å². The summed E-state index contributed by atoms with van der Waals surface area (Å²) in [5.41, 5.74) is 1.89. The standard InChI is InChI=1S/C18H14N2O4/c21-16-10-15(12-4-2-1-3-5-12)19-18(20-16)13-6-8-14(9-7-13)24-11-17(22)23/h1-10H,11H2,(H,22,23)(H,19,20,21). The van der Waals surface area contributed by atoms with Gasteiger partial charge in [0, 0.05) is 17.2 Å². The number of aromatic nitrogens is 2. The number of benzene rings is 2. The smallest absolute Gasteiger partial charge is 0.341 e. The number of hydrogen-bond acceptors (Lipinski definition) is 4. The molecule has 2 aromatic carbocycles. The fraction of sp³-hybridized carbons (Fsp3) is 0.0556. The zero-order valence-corrected chi connectivity index (χ0v) is 12.6. The van der Waals surface area contributed by atoms with Gasteiger partial charge in [0.15, 0.2) is 6.61 Å². The summed E-state index contributed by atoms with van der Waals surface area (Å²) in [4.78, 5) is 29.6. The molecule has 3 rings (SSSR count). The monoisotopic (exact) mass is 322 g/mol. The number of carboxylic acids is 1. The van der Waals surface area contributed by atoms with Gasteiger partial charge in [-0.05, 0) is 24.3 Å². The molecule has 1 heterocycles. The van der Waals surface area contributed by atoms with Crippen LogP contribution in [0.1, 0.15) is 0 Å². The van der Waals surface area contributed by atoms with Gasteiger partial charge < -0.3 is 14.8 Å². The highest BCUT2D eigenvalue weighted by molar-refractivity contribution is 5.68. The number of carboxylic acid groups (broad SMARTS) is 1. The second-order valence-corrected chi connectivity index (χ2v) is 5.05. The van der Waals surface area contributed by atoms with Gasteiger partial charge in [-0.15, -0.1) is 0 Å². The number of hydrogen-bond donors (Lipinski definition) is 2. The summed E-state index contributed by atoms with van der Waals surface area (Å²) < 4.78 is 5.08. The third-order valence-electron chi connectivity index (χ3n) is 3.30. The van der Waals surface area contributed by atoms with Crippen LogP contribution < -0.4 is 10.3 Å². The second kappa shape index (κ2) is 6.78. The molecule has 0 aliphatic rings. The first-order valence-corrected chi connectivity index (χ1v) is 7.23. The Hall–Kier alpha value is -3.41. The van der Waals surface area contributed by atoms with E-state index in [-0.39, 0.29) is 5.56 Å². The molecule has 0 bridgehead atoms. The number of nitrogens with one attached hydrogen (secondary N) is 1. The molecule has 24 heavy (non-hydrogen) atoms. The third kappa shape index (κ3) is 3.67. The summed E-state index contributed by atoms with van der Waals surface area (Å²) in [5.74, 6) is -0.172. The minimum Gasteiger partial charge on any atom is -0.482 e. The van der Waals surface area contributed by atoms with E-state index >= 15 is 0 Å². The fourth-order valence-corrected chi connectivity index (χ4v) is 2.21. The van der Waals surface area contributed by atoms with Gasteiger partial charge in [0.2, 0.25) is 0 Å². The molecule has 0 spiro atoms. The number of H-pyrrole nitrogens is 1. The Balaban J connectivity index is 1.91. The maximum atomic E-state index is 11.9. The Morgan fingerprint density at radius 2 is 1.75 bits per heavy atom. The van der Waals surface area contributed by atoms with Gasteiger partial charge in [-0.1, -0.05) is 30.3 Å². The van der Waals surface area contributed by atoms with Crippen molar-refractivity contribution >= 4 is 5.97 Å². The molecule has 0 atom stereocenters. The minimum atomic E-state index is -1.04. The maximum absolute atomic E-state index is 11.9. The molecule has 0 radical (unpaired) electrons. The Morgan fingerprint density at radius 1 is 1.04 bits per heavy atom. The van der Waals surface area contributed by atoms with Crippen molar-refractivity contribution in [2.24, 2.45) is 0 Å². The van der Waals surface area contributed by atoms with Gasteiger partial charge in [-0.3, -0.25) is 4.79 Å². The van der Waals surface area contributed by atoms with E-state index in [0.717, 1.165) is 5.56 Å². The number of rotatable bonds is 5. The van der Waals surface area contributed by atoms with Crippen molar-refractivity contribution in [1.29, 1.82) is 0 Å². The molecule has 0 saturated heterocycles. The van der Waals surface area contributed by atoms with Crippen molar-refractivity contribution in [2.45, 2.75) is 0 Å². The van der Waals surface area contributed by atoms with E-state index in [1.165, 1.54) is 6.07 Å². The Bertz CT molecular complexity index is 902. The average molecular weight is 322 g/mol. The topological polar surface area (TPSA) is 92.3 Å². The highest BCUT2D eigenvalue weighted by Gasteiger charge is 2.07. The lowest BCUT2D eigenvalue weighted by Gasteiger charge is -2.06. The van der Waals surface area contributed by atoms with E-state index in [1.54, 1.807) is 24.3 Å². The molecule has 0 aliphatic carbocycles. The van der Waals surface area contributed by atoms with Crippen molar-refractivity contribution in [2.75, 3.05) is 6.61 Å². The summed E-state index contributed by atoms with van der Waals surface area (Å²) in [6.45, 7) is -0.405. The summed E-state index contributed by atoms with van der Waals surface area (Å²) in [6, 6.07) is 17.6. The molecule has 120 valence electrons. The first-order chi connectivity index (χ1) is 11.6. The molecule has 6 heteroatoms. The van der Waals surface area contributed by atoms with E-state index in [2.05, 4.69) is 9.97 Å². The van der Waals surface area contributed by atoms with Gasteiger partial charge in [-0.25, -0.2) is 9.78 Å². The largest absolute Gasteiger partial charge is 0.482 e. The lowest BCUT2D eigenvalue weighted by molar-refractivity contribution is -0.139. The molecular weight excluding hydrogens is 308 g/mol. The lowest BCUT2D eigenvalue weighted by Crippen LogP contribution is -2.09. The zero-order chi connectivity index (χ0) is 16.9. The van der Waals surface area contributed by atoms with Crippen LogP contribution in [0.5, 0.6) is 5.75 Å². The molecule has 2 N–H and O–H groups in total. The highest BCUT2D eigenvalue weighted by atomic mass is 16.5. The van der Waals surface area contributed by atoms with E-state index in [1.807, 2.05) is 30.3 Å². The summed E-state index contributed by atoms with van der Waals surface area (Å²) in [7, 11) is 0. The van der Waals surface area contributed by atoms with Crippen LogP contribution in [0.3, 0.4) is 0 Å². The number of nitrogens with zero attached hydrogens (tertiary/aromatic N) is 1. The third-order valence-corrected chi connectivity index (χ3v) is 3.30. The molecule has 0 amide bonds. The molecule has 6 nitrogen and oxygen atoms in total. The van der Waals surface area contributed by atoms with E-state index in [9.17, 15) is 9.59 Å². The minimum absolute atomic E-state index is 0.245. The Morgan fingerprint density at radius 3 is 2.42 bits per heavy atom. The van der Waals surface area contributed by atoms with Crippen molar-refractivity contribution in [3.63, 3.8) is 0 Å². The van der Waals surface area contributed by atoms with Crippen molar-refractivity contribution in [3.05, 3.63) is 71.0 Å². The predicted octanol–water partition coefficient (Wildman–Crippen LogP) is 2.57. The lowest BCUT2D eigenvalue weighted by atomic mass is 10.1. The van der Waals surface area contributed by atoms with Gasteiger partial charge in [0.25, 0.3) is 5.56 Å². The number of carbonyl (C=O) groups is 1. The average Bonchev–Trinajstić information content (AvgIpc) is 2.60. The van der Waals surface area contributed by atoms with Crippen LogP contribution in [-0.4, -0.2) is 27.7 Å². The van der Waals surface area contributed by atoms with Gasteiger partial charge in [-0.2, -0.15) is 0 Å². The number of aromatic amines is 1. The van der Waals surface area contributed by atoms with Crippen LogP contribution in [0.2, 0.25) is 0 Å². The Labute approximate surface area is 137 Å². The van der Waals surface area contributed by atoms with E-state index in [4.69, 9.17) is 9.84 Å². The van der Waals surface area contributed by atoms with Crippen LogP contribution in [-0.2, 0) is 4.79 Å². The van der Waals surface area contributed by atoms with Crippen LogP contribution in [0.25, 0.3) is 22.6 Å². The summed E-state index contributed by atoms with van der Waals surface area (Å²) in [6.07, 6.45) is 0. The van der Waals surface area contributed by atoms with E-state index in [0.29, 0.717) is 22.8 Å². The van der Waals surface area contributed by atoms with Crippen molar-refractivity contribution < 1.29 is 14.6 Å².